The molecule has 1 unspecified atom stereocenters. The van der Waals surface area contributed by atoms with Crippen LogP contribution in [0.4, 0.5) is 0 Å². The van der Waals surface area contributed by atoms with E-state index in [4.69, 9.17) is 5.11 Å². The third-order valence-corrected chi connectivity index (χ3v) is 1.24. The van der Waals surface area contributed by atoms with Crippen LogP contribution in [0.3, 0.4) is 0 Å². The number of nitro groups is 2. The second-order valence-corrected chi connectivity index (χ2v) is 2.07. The average molecular weight is 203 g/mol. The Bertz CT molecular complexity index is 369. The van der Waals surface area contributed by atoms with Crippen LogP contribution in [0, 0.1) is 20.2 Å². The summed E-state index contributed by atoms with van der Waals surface area (Å²) in [6, 6.07) is 0. The zero-order valence-corrected chi connectivity index (χ0v) is 6.22. The first-order chi connectivity index (χ1) is 6.40. The van der Waals surface area contributed by atoms with Gasteiger partial charge in [0, 0.05) is 10.1 Å². The summed E-state index contributed by atoms with van der Waals surface area (Å²) in [6.07, 6.45) is 0. The number of azo groups is 1. The number of rotatable bonds is 2. The van der Waals surface area contributed by atoms with E-state index < -0.39 is 27.6 Å². The Morgan fingerprint density at radius 1 is 1.43 bits per heavy atom. The maximum atomic E-state index is 10.4. The molecule has 0 spiro atoms. The summed E-state index contributed by atoms with van der Waals surface area (Å²) >= 11 is 0. The molecule has 0 bridgehead atoms. The van der Waals surface area contributed by atoms with Gasteiger partial charge >= 0.3 is 17.7 Å². The SMILES string of the molecule is O=C(O)C1([N+](=O)[O-])N=NC([N+](=O)[O-])=N1. The van der Waals surface area contributed by atoms with Crippen molar-refractivity contribution in [2.75, 3.05) is 0 Å². The van der Waals surface area contributed by atoms with Gasteiger partial charge in [-0.1, -0.05) is 0 Å². The molecule has 0 fully saturated rings. The van der Waals surface area contributed by atoms with Gasteiger partial charge in [0.15, 0.2) is 0 Å². The number of aliphatic carboxylic acids is 1. The molecule has 11 nitrogen and oxygen atoms in total. The molecule has 14 heavy (non-hydrogen) atoms. The van der Waals surface area contributed by atoms with E-state index in [-0.39, 0.29) is 0 Å². The lowest BCUT2D eigenvalue weighted by atomic mass is 10.4. The van der Waals surface area contributed by atoms with Gasteiger partial charge in [-0.25, -0.2) is 4.79 Å². The van der Waals surface area contributed by atoms with Gasteiger partial charge in [-0.3, -0.25) is 10.1 Å². The summed E-state index contributed by atoms with van der Waals surface area (Å²) in [7, 11) is 0. The van der Waals surface area contributed by atoms with Gasteiger partial charge in [0.1, 0.15) is 4.92 Å². The average Bonchev–Trinajstić information content (AvgIpc) is 2.48. The van der Waals surface area contributed by atoms with Crippen LogP contribution in [0.15, 0.2) is 15.2 Å². The molecular weight excluding hydrogens is 202 g/mol. The van der Waals surface area contributed by atoms with Gasteiger partial charge in [-0.2, -0.15) is 0 Å². The largest absolute Gasteiger partial charge is 0.596 e. The van der Waals surface area contributed by atoms with E-state index in [1.54, 1.807) is 0 Å². The minimum Gasteiger partial charge on any atom is -0.471 e. The molecule has 1 N–H and O–H groups in total. The normalized spacial score (nSPS) is 24.4. The highest BCUT2D eigenvalue weighted by Gasteiger charge is 2.63. The summed E-state index contributed by atoms with van der Waals surface area (Å²) in [4.78, 5) is 30.9. The summed E-state index contributed by atoms with van der Waals surface area (Å²) in [5, 5.41) is 34.1. The van der Waals surface area contributed by atoms with Crippen molar-refractivity contribution in [1.29, 1.82) is 0 Å². The van der Waals surface area contributed by atoms with Crippen molar-refractivity contribution in [3.05, 3.63) is 20.2 Å². The van der Waals surface area contributed by atoms with Crippen molar-refractivity contribution in [1.82, 2.24) is 0 Å². The van der Waals surface area contributed by atoms with E-state index in [0.717, 1.165) is 0 Å². The molecule has 0 aromatic heterocycles. The molecule has 0 saturated carbocycles. The topological polar surface area (TPSA) is 161 Å². The predicted octanol–water partition coefficient (Wildman–Crippen LogP) is -0.900. The first kappa shape index (κ1) is 9.63. The molecular formula is C3HN5O6. The quantitative estimate of drug-likeness (QED) is 0.451. The zero-order chi connectivity index (χ0) is 10.9. The molecule has 0 saturated heterocycles. The Balaban J connectivity index is 3.21. The molecule has 0 aromatic carbocycles. The lowest BCUT2D eigenvalue weighted by Crippen LogP contribution is -2.41. The number of nitrogens with zero attached hydrogens (tertiary/aromatic N) is 5. The third-order valence-electron chi connectivity index (χ3n) is 1.24. The Hall–Kier alpha value is -2.46. The van der Waals surface area contributed by atoms with E-state index in [1.165, 1.54) is 0 Å². The molecule has 0 aliphatic carbocycles. The van der Waals surface area contributed by atoms with Crippen LogP contribution in [0.1, 0.15) is 0 Å². The van der Waals surface area contributed by atoms with Gasteiger partial charge in [0.25, 0.3) is 0 Å². The minimum absolute atomic E-state index is 1.17. The number of hydrogen-bond donors (Lipinski definition) is 1. The van der Waals surface area contributed by atoms with Crippen LogP contribution in [0.25, 0.3) is 0 Å². The number of carboxylic acid groups (broad SMARTS) is 1. The van der Waals surface area contributed by atoms with Crippen LogP contribution in [0.2, 0.25) is 0 Å². The summed E-state index contributed by atoms with van der Waals surface area (Å²) < 4.78 is 0. The van der Waals surface area contributed by atoms with E-state index in [0.29, 0.717) is 0 Å². The molecule has 1 rings (SSSR count). The van der Waals surface area contributed by atoms with Crippen molar-refractivity contribution in [3.8, 4) is 0 Å². The smallest absolute Gasteiger partial charge is 0.471 e. The fourth-order valence-corrected chi connectivity index (χ4v) is 0.622. The number of carbonyl (C=O) groups is 1. The van der Waals surface area contributed by atoms with Gasteiger partial charge in [0.2, 0.25) is 0 Å². The van der Waals surface area contributed by atoms with Crippen LogP contribution >= 0.6 is 0 Å². The number of carboxylic acids is 1. The highest BCUT2D eigenvalue weighted by atomic mass is 16.6. The maximum Gasteiger partial charge on any atom is 0.596 e. The summed E-state index contributed by atoms with van der Waals surface area (Å²) in [5.41, 5.74) is 0. The van der Waals surface area contributed by atoms with Crippen LogP contribution in [-0.4, -0.2) is 32.7 Å². The number of aliphatic imine (C=N–C) groups is 1. The van der Waals surface area contributed by atoms with Crippen molar-refractivity contribution < 1.29 is 19.7 Å². The third kappa shape index (κ3) is 1.16. The predicted molar refractivity (Wildman–Crippen MR) is 36.6 cm³/mol. The van der Waals surface area contributed by atoms with Crippen LogP contribution < -0.4 is 0 Å². The molecule has 1 atom stereocenters. The molecule has 1 heterocycles. The first-order valence-electron chi connectivity index (χ1n) is 2.95. The summed E-state index contributed by atoms with van der Waals surface area (Å²) in [6.45, 7) is 0. The first-order valence-corrected chi connectivity index (χ1v) is 2.95. The van der Waals surface area contributed by atoms with Crippen molar-refractivity contribution in [2.24, 2.45) is 15.2 Å². The fourth-order valence-electron chi connectivity index (χ4n) is 0.622. The van der Waals surface area contributed by atoms with E-state index in [9.17, 15) is 25.0 Å². The number of hydrogen-bond acceptors (Lipinski definition) is 8. The van der Waals surface area contributed by atoms with Crippen molar-refractivity contribution in [2.45, 2.75) is 5.79 Å². The Labute approximate surface area is 74.1 Å². The van der Waals surface area contributed by atoms with Gasteiger partial charge in [-0.15, -0.1) is 0 Å². The minimum atomic E-state index is -3.11. The molecule has 1 aliphatic rings. The Kier molecular flexibility index (Phi) is 1.92. The highest BCUT2D eigenvalue weighted by molar-refractivity contribution is 5.83. The second-order valence-electron chi connectivity index (χ2n) is 2.07. The molecule has 11 heteroatoms. The lowest BCUT2D eigenvalue weighted by Gasteiger charge is -1.99. The van der Waals surface area contributed by atoms with Gasteiger partial charge in [0.05, 0.1) is 5.11 Å². The molecule has 1 aliphatic heterocycles. The fraction of sp³-hybridized carbons (Fsp3) is 0.333. The summed E-state index contributed by atoms with van der Waals surface area (Å²) in [5.74, 6) is -6.35. The van der Waals surface area contributed by atoms with E-state index in [1.807, 2.05) is 0 Å². The van der Waals surface area contributed by atoms with Crippen LogP contribution in [0.5, 0.6) is 0 Å². The van der Waals surface area contributed by atoms with E-state index in [2.05, 4.69) is 15.2 Å². The van der Waals surface area contributed by atoms with Crippen molar-refractivity contribution >= 4 is 11.9 Å². The van der Waals surface area contributed by atoms with Gasteiger partial charge < -0.3 is 15.2 Å². The highest BCUT2D eigenvalue weighted by Crippen LogP contribution is 2.21. The second kappa shape index (κ2) is 2.79. The van der Waals surface area contributed by atoms with Crippen LogP contribution in [-0.2, 0) is 4.79 Å². The van der Waals surface area contributed by atoms with Crippen molar-refractivity contribution in [3.63, 3.8) is 0 Å². The zero-order valence-electron chi connectivity index (χ0n) is 6.22. The monoisotopic (exact) mass is 203 g/mol. The molecule has 74 valence electrons. The lowest BCUT2D eigenvalue weighted by molar-refractivity contribution is -0.551. The standard InChI is InChI=1S/C3HN5O6/c9-1(10)3(8(13)14)4-2(5-6-3)7(11)12/h(H,9,10). The number of guanidine groups is 1. The molecule has 0 aromatic rings. The Morgan fingerprint density at radius 2 is 2.00 bits per heavy atom. The maximum absolute atomic E-state index is 10.4. The van der Waals surface area contributed by atoms with Gasteiger partial charge in [-0.05, 0) is 4.92 Å². The molecule has 0 amide bonds. The molecule has 0 radical (unpaired) electrons. The van der Waals surface area contributed by atoms with E-state index >= 15 is 0 Å². The Morgan fingerprint density at radius 3 is 2.21 bits per heavy atom.